The predicted octanol–water partition coefficient (Wildman–Crippen LogP) is 1.37. The number of hydrogen-bond donors (Lipinski definition) is 0. The van der Waals surface area contributed by atoms with E-state index in [9.17, 15) is 14.4 Å². The molecule has 0 radical (unpaired) electrons. The van der Waals surface area contributed by atoms with Crippen LogP contribution < -0.4 is 5.56 Å². The molecule has 5 nitrogen and oxygen atoms in total. The van der Waals surface area contributed by atoms with Gasteiger partial charge in [0, 0.05) is 23.7 Å². The highest BCUT2D eigenvalue weighted by Gasteiger charge is 2.30. The van der Waals surface area contributed by atoms with Crippen LogP contribution in [0.15, 0.2) is 29.1 Å². The Balaban J connectivity index is 2.55. The Bertz CT molecular complexity index is 773. The third kappa shape index (κ3) is 1.51. The number of pyridine rings is 1. The zero-order chi connectivity index (χ0) is 13.6. The monoisotopic (exact) mass is 257 g/mol. The fourth-order valence-electron chi connectivity index (χ4n) is 2.54. The summed E-state index contributed by atoms with van der Waals surface area (Å²) < 4.78 is 6.12. The second kappa shape index (κ2) is 4.05. The molecule has 0 aliphatic carbocycles. The van der Waals surface area contributed by atoms with E-state index in [-0.39, 0.29) is 29.0 Å². The smallest absolute Gasteiger partial charge is 0.340 e. The van der Waals surface area contributed by atoms with Gasteiger partial charge in [-0.05, 0) is 6.07 Å². The van der Waals surface area contributed by atoms with Crippen molar-refractivity contribution in [2.45, 2.75) is 13.0 Å². The molecule has 0 spiro atoms. The van der Waals surface area contributed by atoms with Gasteiger partial charge in [-0.15, -0.1) is 0 Å². The molecule has 0 atom stereocenters. The first kappa shape index (κ1) is 11.6. The molecule has 1 aromatic heterocycles. The molecule has 5 heteroatoms. The van der Waals surface area contributed by atoms with Crippen molar-refractivity contribution in [3.63, 3.8) is 0 Å². The van der Waals surface area contributed by atoms with Crippen molar-refractivity contribution < 1.29 is 14.3 Å². The Morgan fingerprint density at radius 3 is 2.58 bits per heavy atom. The maximum absolute atomic E-state index is 12.3. The molecule has 0 fully saturated rings. The molecule has 3 rings (SSSR count). The fraction of sp³-hybridized carbons (Fsp3) is 0.214. The molecule has 2 aromatic rings. The van der Waals surface area contributed by atoms with Gasteiger partial charge in [-0.25, -0.2) is 4.79 Å². The lowest BCUT2D eigenvalue weighted by molar-refractivity contribution is 0.0598. The van der Waals surface area contributed by atoms with Crippen molar-refractivity contribution in [3.8, 4) is 0 Å². The molecule has 0 bridgehead atoms. The van der Waals surface area contributed by atoms with Gasteiger partial charge in [0.1, 0.15) is 5.69 Å². The van der Waals surface area contributed by atoms with E-state index < -0.39 is 5.97 Å². The molecule has 0 saturated heterocycles. The first-order valence-corrected chi connectivity index (χ1v) is 5.92. The van der Waals surface area contributed by atoms with Crippen LogP contribution in [0.1, 0.15) is 27.3 Å². The third-order valence-electron chi connectivity index (χ3n) is 3.39. The normalized spacial score (nSPS) is 13.6. The van der Waals surface area contributed by atoms with Gasteiger partial charge in [0.25, 0.3) is 5.56 Å². The SMILES string of the molecule is COC(=O)c1c2n(c(=O)c3ccccc13)CCC2=O. The Hall–Kier alpha value is -2.43. The lowest BCUT2D eigenvalue weighted by atomic mass is 10.0. The molecule has 96 valence electrons. The molecule has 0 amide bonds. The lowest BCUT2D eigenvalue weighted by Crippen LogP contribution is -2.24. The van der Waals surface area contributed by atoms with E-state index in [0.717, 1.165) is 0 Å². The molecule has 2 heterocycles. The zero-order valence-corrected chi connectivity index (χ0v) is 10.3. The summed E-state index contributed by atoms with van der Waals surface area (Å²) >= 11 is 0. The minimum Gasteiger partial charge on any atom is -0.465 e. The number of nitrogens with zero attached hydrogens (tertiary/aromatic N) is 1. The maximum Gasteiger partial charge on any atom is 0.340 e. The number of methoxy groups -OCH3 is 1. The highest BCUT2D eigenvalue weighted by molar-refractivity contribution is 6.13. The second-order valence-electron chi connectivity index (χ2n) is 4.39. The van der Waals surface area contributed by atoms with Crippen molar-refractivity contribution in [1.29, 1.82) is 0 Å². The van der Waals surface area contributed by atoms with Crippen LogP contribution in [0.4, 0.5) is 0 Å². The molecule has 0 saturated carbocycles. The first-order chi connectivity index (χ1) is 9.15. The summed E-state index contributed by atoms with van der Waals surface area (Å²) in [7, 11) is 1.26. The van der Waals surface area contributed by atoms with Crippen molar-refractivity contribution >= 4 is 22.5 Å². The number of esters is 1. The molecular weight excluding hydrogens is 246 g/mol. The largest absolute Gasteiger partial charge is 0.465 e. The Kier molecular flexibility index (Phi) is 2.48. The summed E-state index contributed by atoms with van der Waals surface area (Å²) in [5.41, 5.74) is 0.139. The van der Waals surface area contributed by atoms with Gasteiger partial charge in [0.15, 0.2) is 5.78 Å². The predicted molar refractivity (Wildman–Crippen MR) is 68.5 cm³/mol. The number of ketones is 1. The van der Waals surface area contributed by atoms with Crippen LogP contribution in [-0.4, -0.2) is 23.4 Å². The van der Waals surface area contributed by atoms with Gasteiger partial charge >= 0.3 is 5.97 Å². The van der Waals surface area contributed by atoms with Crippen LogP contribution in [-0.2, 0) is 11.3 Å². The summed E-state index contributed by atoms with van der Waals surface area (Å²) in [6.45, 7) is 0.321. The van der Waals surface area contributed by atoms with Crippen LogP contribution >= 0.6 is 0 Å². The van der Waals surface area contributed by atoms with Gasteiger partial charge in [-0.3, -0.25) is 9.59 Å². The number of ether oxygens (including phenoxy) is 1. The van der Waals surface area contributed by atoms with Gasteiger partial charge in [0.2, 0.25) is 0 Å². The van der Waals surface area contributed by atoms with Crippen LogP contribution in [0.2, 0.25) is 0 Å². The average molecular weight is 257 g/mol. The second-order valence-corrected chi connectivity index (χ2v) is 4.39. The van der Waals surface area contributed by atoms with Crippen LogP contribution in [0.25, 0.3) is 10.8 Å². The number of Topliss-reactive ketones (excluding diaryl/α,β-unsaturated/α-hetero) is 1. The van der Waals surface area contributed by atoms with E-state index in [1.165, 1.54) is 11.7 Å². The van der Waals surface area contributed by atoms with Gasteiger partial charge in [-0.2, -0.15) is 0 Å². The molecule has 0 unspecified atom stereocenters. The van der Waals surface area contributed by atoms with E-state index in [1.54, 1.807) is 24.3 Å². The maximum atomic E-state index is 12.3. The van der Waals surface area contributed by atoms with Crippen molar-refractivity contribution in [3.05, 3.63) is 45.9 Å². The number of benzene rings is 1. The summed E-state index contributed by atoms with van der Waals surface area (Å²) in [5, 5.41) is 0.905. The number of aromatic nitrogens is 1. The topological polar surface area (TPSA) is 65.4 Å². The number of hydrogen-bond acceptors (Lipinski definition) is 4. The van der Waals surface area contributed by atoms with E-state index >= 15 is 0 Å². The van der Waals surface area contributed by atoms with Crippen LogP contribution in [0.5, 0.6) is 0 Å². The van der Waals surface area contributed by atoms with Gasteiger partial charge in [-0.1, -0.05) is 18.2 Å². The molecule has 1 aliphatic rings. The van der Waals surface area contributed by atoms with Crippen molar-refractivity contribution in [1.82, 2.24) is 4.57 Å². The lowest BCUT2D eigenvalue weighted by Gasteiger charge is -2.11. The fourth-order valence-corrected chi connectivity index (χ4v) is 2.54. The Morgan fingerprint density at radius 2 is 1.89 bits per heavy atom. The molecule has 1 aliphatic heterocycles. The quantitative estimate of drug-likeness (QED) is 0.724. The standard InChI is InChI=1S/C14H11NO4/c1-19-14(18)11-8-4-2-3-5-9(8)13(17)15-7-6-10(16)12(11)15/h2-5H,6-7H2,1H3. The van der Waals surface area contributed by atoms with E-state index in [4.69, 9.17) is 4.74 Å². The van der Waals surface area contributed by atoms with Crippen LogP contribution in [0, 0.1) is 0 Å². The van der Waals surface area contributed by atoms with Crippen LogP contribution in [0.3, 0.4) is 0 Å². The van der Waals surface area contributed by atoms with E-state index in [1.807, 2.05) is 0 Å². The Morgan fingerprint density at radius 1 is 1.21 bits per heavy atom. The van der Waals surface area contributed by atoms with E-state index in [2.05, 4.69) is 0 Å². The van der Waals surface area contributed by atoms with Crippen molar-refractivity contribution in [2.24, 2.45) is 0 Å². The number of fused-ring (bicyclic) bond motifs is 2. The highest BCUT2D eigenvalue weighted by atomic mass is 16.5. The minimum atomic E-state index is -0.588. The summed E-state index contributed by atoms with van der Waals surface area (Å²) in [5.74, 6) is -0.779. The van der Waals surface area contributed by atoms with Crippen molar-refractivity contribution in [2.75, 3.05) is 7.11 Å². The number of carbonyl (C=O) groups excluding carboxylic acids is 2. The summed E-state index contributed by atoms with van der Waals surface area (Å²) in [4.78, 5) is 36.2. The number of carbonyl (C=O) groups is 2. The molecular formula is C14H11NO4. The first-order valence-electron chi connectivity index (χ1n) is 5.92. The Labute approximate surface area is 108 Å². The average Bonchev–Trinajstić information content (AvgIpc) is 2.81. The highest BCUT2D eigenvalue weighted by Crippen LogP contribution is 2.25. The molecule has 0 N–H and O–H groups in total. The summed E-state index contributed by atoms with van der Waals surface area (Å²) in [6, 6.07) is 6.77. The third-order valence-corrected chi connectivity index (χ3v) is 3.39. The van der Waals surface area contributed by atoms with Gasteiger partial charge in [0.05, 0.1) is 12.7 Å². The molecule has 19 heavy (non-hydrogen) atoms. The van der Waals surface area contributed by atoms with Gasteiger partial charge < -0.3 is 9.30 Å². The summed E-state index contributed by atoms with van der Waals surface area (Å²) in [6.07, 6.45) is 0.246. The minimum absolute atomic E-state index is 0.176. The number of rotatable bonds is 1. The molecule has 1 aromatic carbocycles. The zero-order valence-electron chi connectivity index (χ0n) is 10.3. The van der Waals surface area contributed by atoms with E-state index in [0.29, 0.717) is 17.3 Å².